The lowest BCUT2D eigenvalue weighted by Gasteiger charge is -2.26. The predicted molar refractivity (Wildman–Crippen MR) is 108 cm³/mol. The summed E-state index contributed by atoms with van der Waals surface area (Å²) < 4.78 is 27.5. The molecule has 1 aliphatic heterocycles. The zero-order valence-corrected chi connectivity index (χ0v) is 16.7. The van der Waals surface area contributed by atoms with Crippen molar-refractivity contribution in [2.75, 3.05) is 24.4 Å². The van der Waals surface area contributed by atoms with Gasteiger partial charge in [-0.2, -0.15) is 0 Å². The van der Waals surface area contributed by atoms with E-state index in [1.165, 1.54) is 56.1 Å². The molecule has 4 nitrogen and oxygen atoms in total. The molecule has 140 valence electrons. The first-order chi connectivity index (χ1) is 12.4. The molecule has 1 heterocycles. The van der Waals surface area contributed by atoms with Gasteiger partial charge in [0.1, 0.15) is 0 Å². The van der Waals surface area contributed by atoms with Gasteiger partial charge in [0.05, 0.1) is 4.90 Å². The van der Waals surface area contributed by atoms with Gasteiger partial charge in [0.25, 0.3) is 10.0 Å². The van der Waals surface area contributed by atoms with Gasteiger partial charge in [-0.25, -0.2) is 8.42 Å². The summed E-state index contributed by atoms with van der Waals surface area (Å²) in [5, 5.41) is 0.567. The lowest BCUT2D eigenvalue weighted by atomic mass is 10.1. The molecule has 1 aliphatic rings. The molecular weight excluding hydrogens is 391 g/mol. The second-order valence-electron chi connectivity index (χ2n) is 6.56. The molecule has 0 bridgehead atoms. The van der Waals surface area contributed by atoms with Gasteiger partial charge in [-0.3, -0.25) is 4.72 Å². The zero-order valence-electron chi connectivity index (χ0n) is 14.4. The molecule has 0 radical (unpaired) electrons. The van der Waals surface area contributed by atoms with Crippen LogP contribution < -0.4 is 4.72 Å². The van der Waals surface area contributed by atoms with Crippen LogP contribution in [0.3, 0.4) is 0 Å². The number of rotatable bonds is 6. The minimum Gasteiger partial charge on any atom is -0.303 e. The summed E-state index contributed by atoms with van der Waals surface area (Å²) >= 11 is 11.8. The van der Waals surface area contributed by atoms with Crippen molar-refractivity contribution in [2.45, 2.75) is 30.6 Å². The third kappa shape index (κ3) is 5.36. The van der Waals surface area contributed by atoms with E-state index in [0.29, 0.717) is 5.69 Å². The summed E-state index contributed by atoms with van der Waals surface area (Å²) in [6.07, 6.45) is 4.88. The Morgan fingerprint density at radius 3 is 2.15 bits per heavy atom. The first-order valence-corrected chi connectivity index (χ1v) is 11.0. The van der Waals surface area contributed by atoms with Crippen LogP contribution in [0.25, 0.3) is 0 Å². The third-order valence-electron chi connectivity index (χ3n) is 4.52. The predicted octanol–water partition coefficient (Wildman–Crippen LogP) is 4.82. The standard InChI is InChI=1S/C19H22Cl2N2O2S/c20-16-12-17(21)14-19(13-16)26(24,25)22-18-6-4-15(5-7-18)8-11-23-9-2-1-3-10-23/h4-7,12-14,22H,1-3,8-11H2. The van der Waals surface area contributed by atoms with Crippen LogP contribution in [0.1, 0.15) is 24.8 Å². The number of sulfonamides is 1. The Morgan fingerprint density at radius 2 is 1.54 bits per heavy atom. The highest BCUT2D eigenvalue weighted by Gasteiger charge is 2.16. The summed E-state index contributed by atoms with van der Waals surface area (Å²) in [5.74, 6) is 0. The monoisotopic (exact) mass is 412 g/mol. The quantitative estimate of drug-likeness (QED) is 0.739. The van der Waals surface area contributed by atoms with Crippen LogP contribution in [0, 0.1) is 0 Å². The molecule has 1 fully saturated rings. The first kappa shape index (κ1) is 19.5. The summed E-state index contributed by atoms with van der Waals surface area (Å²) in [7, 11) is -3.73. The number of nitrogens with one attached hydrogen (secondary N) is 1. The highest BCUT2D eigenvalue weighted by Crippen LogP contribution is 2.24. The van der Waals surface area contributed by atoms with E-state index in [9.17, 15) is 8.42 Å². The third-order valence-corrected chi connectivity index (χ3v) is 6.32. The number of halogens is 2. The lowest BCUT2D eigenvalue weighted by molar-refractivity contribution is 0.231. The van der Waals surface area contributed by atoms with Gasteiger partial charge in [0.2, 0.25) is 0 Å². The Labute approximate surface area is 165 Å². The molecule has 0 aromatic heterocycles. The summed E-state index contributed by atoms with van der Waals surface area (Å²) in [5.41, 5.74) is 1.71. The van der Waals surface area contributed by atoms with Crippen molar-refractivity contribution in [2.24, 2.45) is 0 Å². The van der Waals surface area contributed by atoms with Crippen molar-refractivity contribution in [3.8, 4) is 0 Å². The van der Waals surface area contributed by atoms with Gasteiger partial charge < -0.3 is 4.90 Å². The van der Waals surface area contributed by atoms with Crippen LogP contribution in [0.15, 0.2) is 47.4 Å². The second kappa shape index (κ2) is 8.61. The van der Waals surface area contributed by atoms with E-state index >= 15 is 0 Å². The van der Waals surface area contributed by atoms with Crippen molar-refractivity contribution < 1.29 is 8.42 Å². The fourth-order valence-electron chi connectivity index (χ4n) is 3.11. The molecule has 1 N–H and O–H groups in total. The number of benzene rings is 2. The van der Waals surface area contributed by atoms with Gasteiger partial charge in [-0.05, 0) is 68.2 Å². The number of piperidine rings is 1. The molecule has 1 saturated heterocycles. The van der Waals surface area contributed by atoms with Gasteiger partial charge in [-0.1, -0.05) is 41.8 Å². The molecule has 2 aromatic carbocycles. The fourth-order valence-corrected chi connectivity index (χ4v) is 4.89. The molecule has 0 unspecified atom stereocenters. The van der Waals surface area contributed by atoms with Crippen LogP contribution in [0.5, 0.6) is 0 Å². The van der Waals surface area contributed by atoms with Crippen molar-refractivity contribution in [3.05, 3.63) is 58.1 Å². The number of hydrogen-bond acceptors (Lipinski definition) is 3. The number of nitrogens with zero attached hydrogens (tertiary/aromatic N) is 1. The van der Waals surface area contributed by atoms with Crippen LogP contribution >= 0.6 is 23.2 Å². The maximum Gasteiger partial charge on any atom is 0.261 e. The molecule has 2 aromatic rings. The molecule has 0 saturated carbocycles. The van der Waals surface area contributed by atoms with Crippen LogP contribution in [-0.2, 0) is 16.4 Å². The summed E-state index contributed by atoms with van der Waals surface area (Å²) in [6, 6.07) is 11.8. The van der Waals surface area contributed by atoms with E-state index in [1.807, 2.05) is 12.1 Å². The van der Waals surface area contributed by atoms with E-state index in [4.69, 9.17) is 23.2 Å². The fraction of sp³-hybridized carbons (Fsp3) is 0.368. The zero-order chi connectivity index (χ0) is 18.6. The maximum atomic E-state index is 12.5. The highest BCUT2D eigenvalue weighted by atomic mass is 35.5. The van der Waals surface area contributed by atoms with Crippen LogP contribution in [0.2, 0.25) is 10.0 Å². The minimum absolute atomic E-state index is 0.0455. The van der Waals surface area contributed by atoms with Crippen molar-refractivity contribution in [1.82, 2.24) is 4.90 Å². The summed E-state index contributed by atoms with van der Waals surface area (Å²) in [4.78, 5) is 2.53. The SMILES string of the molecule is O=S(=O)(Nc1ccc(CCN2CCCCC2)cc1)c1cc(Cl)cc(Cl)c1. The topological polar surface area (TPSA) is 49.4 Å². The maximum absolute atomic E-state index is 12.5. The van der Waals surface area contributed by atoms with Crippen molar-refractivity contribution in [3.63, 3.8) is 0 Å². The number of hydrogen-bond donors (Lipinski definition) is 1. The minimum atomic E-state index is -3.73. The van der Waals surface area contributed by atoms with Gasteiger partial charge in [0.15, 0.2) is 0 Å². The molecule has 26 heavy (non-hydrogen) atoms. The lowest BCUT2D eigenvalue weighted by Crippen LogP contribution is -2.31. The number of likely N-dealkylation sites (tertiary alicyclic amines) is 1. The smallest absolute Gasteiger partial charge is 0.261 e. The Morgan fingerprint density at radius 1 is 0.923 bits per heavy atom. The Balaban J connectivity index is 1.62. The van der Waals surface area contributed by atoms with Crippen LogP contribution in [0.4, 0.5) is 5.69 Å². The van der Waals surface area contributed by atoms with Gasteiger partial charge >= 0.3 is 0 Å². The largest absolute Gasteiger partial charge is 0.303 e. The van der Waals surface area contributed by atoms with E-state index < -0.39 is 10.0 Å². The summed E-state index contributed by atoms with van der Waals surface area (Å²) in [6.45, 7) is 3.41. The average molecular weight is 413 g/mol. The Hall–Kier alpha value is -1.27. The Kier molecular flexibility index (Phi) is 6.46. The van der Waals surface area contributed by atoms with Gasteiger partial charge in [-0.15, -0.1) is 0 Å². The number of anilines is 1. The van der Waals surface area contributed by atoms with Crippen molar-refractivity contribution >= 4 is 38.9 Å². The van der Waals surface area contributed by atoms with E-state index in [-0.39, 0.29) is 14.9 Å². The highest BCUT2D eigenvalue weighted by molar-refractivity contribution is 7.92. The molecular formula is C19H22Cl2N2O2S. The second-order valence-corrected chi connectivity index (χ2v) is 9.12. The molecule has 7 heteroatoms. The first-order valence-electron chi connectivity index (χ1n) is 8.73. The molecule has 0 spiro atoms. The van der Waals surface area contributed by atoms with E-state index in [0.717, 1.165) is 13.0 Å². The van der Waals surface area contributed by atoms with Gasteiger partial charge in [0, 0.05) is 22.3 Å². The van der Waals surface area contributed by atoms with Crippen molar-refractivity contribution in [1.29, 1.82) is 0 Å². The average Bonchev–Trinajstić information content (AvgIpc) is 2.61. The molecule has 0 aliphatic carbocycles. The van der Waals surface area contributed by atoms with E-state index in [1.54, 1.807) is 12.1 Å². The molecule has 0 atom stereocenters. The Bertz CT molecular complexity index is 828. The molecule has 3 rings (SSSR count). The normalized spacial score (nSPS) is 15.8. The molecule has 0 amide bonds. The van der Waals surface area contributed by atoms with E-state index in [2.05, 4.69) is 9.62 Å². The van der Waals surface area contributed by atoms with Crippen LogP contribution in [-0.4, -0.2) is 33.0 Å².